The molecule has 2 N–H and O–H groups in total. The Morgan fingerprint density at radius 2 is 1.72 bits per heavy atom. The number of carbonyl (C=O) groups excluding carboxylic acids is 3. The summed E-state index contributed by atoms with van der Waals surface area (Å²) in [5.74, 6) is -0.690. The molecule has 154 valence electrons. The summed E-state index contributed by atoms with van der Waals surface area (Å²) in [5, 5.41) is 5.26. The molecule has 7 nitrogen and oxygen atoms in total. The number of esters is 1. The predicted molar refractivity (Wildman–Crippen MR) is 110 cm³/mol. The number of hydrogen-bond acceptors (Lipinski definition) is 5. The van der Waals surface area contributed by atoms with Gasteiger partial charge < -0.3 is 20.1 Å². The van der Waals surface area contributed by atoms with E-state index in [4.69, 9.17) is 9.47 Å². The van der Waals surface area contributed by atoms with Crippen LogP contribution in [0.25, 0.3) is 0 Å². The molecular weight excluding hydrogens is 372 g/mol. The Morgan fingerprint density at radius 3 is 2.34 bits per heavy atom. The number of carbonyl (C=O) groups is 3. The second-order valence-electron chi connectivity index (χ2n) is 6.81. The van der Waals surface area contributed by atoms with Crippen molar-refractivity contribution in [2.45, 2.75) is 26.7 Å². The van der Waals surface area contributed by atoms with Crippen molar-refractivity contribution in [2.75, 3.05) is 25.6 Å². The number of amides is 2. The van der Waals surface area contributed by atoms with Crippen LogP contribution in [0.5, 0.6) is 5.75 Å². The lowest BCUT2D eigenvalue weighted by atomic mass is 9.98. The van der Waals surface area contributed by atoms with Crippen LogP contribution in [0.15, 0.2) is 42.5 Å². The first-order valence-electron chi connectivity index (χ1n) is 9.29. The maximum Gasteiger partial charge on any atom is 0.325 e. The average Bonchev–Trinajstić information content (AvgIpc) is 2.71. The third kappa shape index (κ3) is 6.34. The van der Waals surface area contributed by atoms with E-state index in [0.717, 1.165) is 16.8 Å². The molecule has 0 aliphatic heterocycles. The summed E-state index contributed by atoms with van der Waals surface area (Å²) in [7, 11) is 1.53. The smallest absolute Gasteiger partial charge is 0.325 e. The SMILES string of the molecule is COc1ccc(C(=O)NCC(=O)OCC(=O)Nc2c(C)cccc2C(C)C)cc1. The molecule has 0 aliphatic carbocycles. The van der Waals surface area contributed by atoms with E-state index < -0.39 is 24.4 Å². The molecule has 2 aromatic carbocycles. The third-order valence-electron chi connectivity index (χ3n) is 4.30. The van der Waals surface area contributed by atoms with Gasteiger partial charge in [-0.2, -0.15) is 0 Å². The van der Waals surface area contributed by atoms with Crippen molar-refractivity contribution in [1.82, 2.24) is 5.32 Å². The predicted octanol–water partition coefficient (Wildman–Crippen LogP) is 3.04. The molecule has 2 rings (SSSR count). The lowest BCUT2D eigenvalue weighted by Crippen LogP contribution is -2.32. The molecule has 0 radical (unpaired) electrons. The first-order valence-corrected chi connectivity index (χ1v) is 9.29. The van der Waals surface area contributed by atoms with E-state index in [2.05, 4.69) is 10.6 Å². The Kier molecular flexibility index (Phi) is 7.77. The fraction of sp³-hybridized carbons (Fsp3) is 0.318. The van der Waals surface area contributed by atoms with Gasteiger partial charge in [-0.3, -0.25) is 14.4 Å². The Hall–Kier alpha value is -3.35. The highest BCUT2D eigenvalue weighted by atomic mass is 16.5. The second kappa shape index (κ2) is 10.3. The van der Waals surface area contributed by atoms with Gasteiger partial charge in [0.1, 0.15) is 12.3 Å². The zero-order chi connectivity index (χ0) is 21.4. The number of benzene rings is 2. The largest absolute Gasteiger partial charge is 0.497 e. The molecule has 2 amide bonds. The molecule has 0 bridgehead atoms. The minimum absolute atomic E-state index is 0.237. The number of rotatable bonds is 8. The Bertz CT molecular complexity index is 875. The van der Waals surface area contributed by atoms with Crippen molar-refractivity contribution in [3.8, 4) is 5.75 Å². The van der Waals surface area contributed by atoms with Crippen molar-refractivity contribution in [2.24, 2.45) is 0 Å². The van der Waals surface area contributed by atoms with Gasteiger partial charge in [-0.15, -0.1) is 0 Å². The molecule has 0 atom stereocenters. The summed E-state index contributed by atoms with van der Waals surface area (Å²) in [4.78, 5) is 36.0. The van der Waals surface area contributed by atoms with Gasteiger partial charge in [-0.1, -0.05) is 32.0 Å². The quantitative estimate of drug-likeness (QED) is 0.667. The van der Waals surface area contributed by atoms with E-state index in [9.17, 15) is 14.4 Å². The van der Waals surface area contributed by atoms with Gasteiger partial charge in [0.05, 0.1) is 7.11 Å². The number of hydrogen-bond donors (Lipinski definition) is 2. The topological polar surface area (TPSA) is 93.7 Å². The molecule has 0 fully saturated rings. The number of para-hydroxylation sites is 1. The van der Waals surface area contributed by atoms with Gasteiger partial charge in [0, 0.05) is 11.3 Å². The minimum atomic E-state index is -0.698. The van der Waals surface area contributed by atoms with E-state index in [1.54, 1.807) is 24.3 Å². The molecule has 2 aromatic rings. The normalized spacial score (nSPS) is 10.4. The van der Waals surface area contributed by atoms with Crippen LogP contribution in [0.1, 0.15) is 41.3 Å². The maximum atomic E-state index is 12.2. The van der Waals surface area contributed by atoms with Crippen LogP contribution >= 0.6 is 0 Å². The molecule has 0 unspecified atom stereocenters. The van der Waals surface area contributed by atoms with E-state index in [-0.39, 0.29) is 12.5 Å². The fourth-order valence-corrected chi connectivity index (χ4v) is 2.71. The van der Waals surface area contributed by atoms with Gasteiger partial charge in [0.25, 0.3) is 11.8 Å². The van der Waals surface area contributed by atoms with Gasteiger partial charge in [0.15, 0.2) is 6.61 Å². The monoisotopic (exact) mass is 398 g/mol. The molecule has 0 spiro atoms. The van der Waals surface area contributed by atoms with E-state index in [1.165, 1.54) is 7.11 Å². The highest BCUT2D eigenvalue weighted by Gasteiger charge is 2.14. The molecule has 29 heavy (non-hydrogen) atoms. The van der Waals surface area contributed by atoms with Gasteiger partial charge in [-0.25, -0.2) is 0 Å². The number of nitrogens with one attached hydrogen (secondary N) is 2. The highest BCUT2D eigenvalue weighted by Crippen LogP contribution is 2.27. The minimum Gasteiger partial charge on any atom is -0.497 e. The summed E-state index contributed by atoms with van der Waals surface area (Å²) in [5.41, 5.74) is 3.06. The van der Waals surface area contributed by atoms with Gasteiger partial charge in [-0.05, 0) is 48.2 Å². The van der Waals surface area contributed by atoms with Gasteiger partial charge in [0.2, 0.25) is 0 Å². The van der Waals surface area contributed by atoms with Crippen molar-refractivity contribution in [3.05, 3.63) is 59.2 Å². The summed E-state index contributed by atoms with van der Waals surface area (Å²) in [6.07, 6.45) is 0. The second-order valence-corrected chi connectivity index (χ2v) is 6.81. The first kappa shape index (κ1) is 21.9. The van der Waals surface area contributed by atoms with E-state index >= 15 is 0 Å². The average molecular weight is 398 g/mol. The molecular formula is C22H26N2O5. The molecule has 0 saturated carbocycles. The van der Waals surface area contributed by atoms with Crippen LogP contribution in [0.4, 0.5) is 5.69 Å². The lowest BCUT2D eigenvalue weighted by molar-refractivity contribution is -0.146. The third-order valence-corrected chi connectivity index (χ3v) is 4.30. The highest BCUT2D eigenvalue weighted by molar-refractivity contribution is 5.97. The standard InChI is InChI=1S/C22H26N2O5/c1-14(2)18-7-5-6-15(3)21(18)24-19(25)13-29-20(26)12-23-22(27)16-8-10-17(28-4)11-9-16/h5-11,14H,12-13H2,1-4H3,(H,23,27)(H,24,25). The number of methoxy groups -OCH3 is 1. The fourth-order valence-electron chi connectivity index (χ4n) is 2.71. The van der Waals surface area contributed by atoms with Crippen molar-refractivity contribution in [3.63, 3.8) is 0 Å². The van der Waals surface area contributed by atoms with Gasteiger partial charge >= 0.3 is 5.97 Å². The molecule has 7 heteroatoms. The zero-order valence-electron chi connectivity index (χ0n) is 17.1. The van der Waals surface area contributed by atoms with Crippen molar-refractivity contribution >= 4 is 23.5 Å². The van der Waals surface area contributed by atoms with Crippen LogP contribution in [0, 0.1) is 6.92 Å². The number of ether oxygens (including phenoxy) is 2. The molecule has 0 saturated heterocycles. The number of aryl methyl sites for hydroxylation is 1. The summed E-state index contributed by atoms with van der Waals surface area (Å²) in [6, 6.07) is 12.3. The summed E-state index contributed by atoms with van der Waals surface area (Å²) >= 11 is 0. The molecule has 0 heterocycles. The first-order chi connectivity index (χ1) is 13.8. The summed E-state index contributed by atoms with van der Waals surface area (Å²) < 4.78 is 9.98. The van der Waals surface area contributed by atoms with Crippen LogP contribution < -0.4 is 15.4 Å². The Balaban J connectivity index is 1.82. The van der Waals surface area contributed by atoms with Crippen molar-refractivity contribution in [1.29, 1.82) is 0 Å². The Labute approximate surface area is 170 Å². The van der Waals surface area contributed by atoms with Crippen LogP contribution in [0.3, 0.4) is 0 Å². The van der Waals surface area contributed by atoms with E-state index in [1.807, 2.05) is 39.0 Å². The van der Waals surface area contributed by atoms with Crippen LogP contribution in [-0.2, 0) is 14.3 Å². The summed E-state index contributed by atoms with van der Waals surface area (Å²) in [6.45, 7) is 5.22. The van der Waals surface area contributed by atoms with Crippen LogP contribution in [0.2, 0.25) is 0 Å². The molecule has 0 aromatic heterocycles. The molecule has 0 aliphatic rings. The van der Waals surface area contributed by atoms with E-state index in [0.29, 0.717) is 11.3 Å². The zero-order valence-corrected chi connectivity index (χ0v) is 17.1. The lowest BCUT2D eigenvalue weighted by Gasteiger charge is -2.16. The number of anilines is 1. The maximum absolute atomic E-state index is 12.2. The van der Waals surface area contributed by atoms with Crippen molar-refractivity contribution < 1.29 is 23.9 Å². The Morgan fingerprint density at radius 1 is 1.03 bits per heavy atom. The van der Waals surface area contributed by atoms with Crippen LogP contribution in [-0.4, -0.2) is 38.0 Å².